The van der Waals surface area contributed by atoms with Crippen LogP contribution in [0.15, 0.2) is 6.07 Å². The average molecular weight is 278 g/mol. The summed E-state index contributed by atoms with van der Waals surface area (Å²) in [4.78, 5) is 12.3. The fourth-order valence-corrected chi connectivity index (χ4v) is 2.87. The first-order valence-electron chi connectivity index (χ1n) is 7.76. The Bertz CT molecular complexity index is 455. The highest BCUT2D eigenvalue weighted by molar-refractivity contribution is 5.92. The highest BCUT2D eigenvalue weighted by Crippen LogP contribution is 2.22. The van der Waals surface area contributed by atoms with Gasteiger partial charge in [-0.25, -0.2) is 0 Å². The highest BCUT2D eigenvalue weighted by Gasteiger charge is 2.23. The first-order valence-corrected chi connectivity index (χ1v) is 7.76. The van der Waals surface area contributed by atoms with Gasteiger partial charge in [-0.05, 0) is 38.2 Å². The molecule has 0 saturated heterocycles. The Hall–Kier alpha value is -1.36. The second kappa shape index (κ2) is 6.88. The summed E-state index contributed by atoms with van der Waals surface area (Å²) in [5, 5.41) is 7.44. The minimum atomic E-state index is -0.0307. The van der Waals surface area contributed by atoms with Crippen LogP contribution in [0.4, 0.5) is 0 Å². The molecule has 1 amide bonds. The van der Waals surface area contributed by atoms with Gasteiger partial charge in [0.15, 0.2) is 0 Å². The molecule has 2 unspecified atom stereocenters. The van der Waals surface area contributed by atoms with Gasteiger partial charge in [0, 0.05) is 19.1 Å². The number of amides is 1. The molecule has 0 spiro atoms. The van der Waals surface area contributed by atoms with Gasteiger partial charge in [0.05, 0.1) is 5.69 Å². The predicted octanol–water partition coefficient (Wildman–Crippen LogP) is 1.71. The van der Waals surface area contributed by atoms with E-state index in [1.54, 1.807) is 4.68 Å². The molecule has 1 aromatic heterocycles. The zero-order chi connectivity index (χ0) is 14.5. The van der Waals surface area contributed by atoms with Crippen LogP contribution in [0.2, 0.25) is 0 Å². The van der Waals surface area contributed by atoms with E-state index in [1.807, 2.05) is 19.9 Å². The first-order chi connectivity index (χ1) is 9.65. The van der Waals surface area contributed by atoms with Crippen molar-refractivity contribution in [1.82, 2.24) is 15.1 Å². The molecule has 2 atom stereocenters. The molecule has 0 aromatic carbocycles. The lowest BCUT2D eigenvalue weighted by Gasteiger charge is -2.28. The normalized spacial score (nSPS) is 22.8. The van der Waals surface area contributed by atoms with E-state index in [0.717, 1.165) is 25.0 Å². The summed E-state index contributed by atoms with van der Waals surface area (Å²) in [6.07, 6.45) is 5.48. The number of carbonyl (C=O) groups excluding carboxylic acids is 1. The molecule has 5 nitrogen and oxygen atoms in total. The van der Waals surface area contributed by atoms with Gasteiger partial charge in [-0.3, -0.25) is 9.48 Å². The number of aryl methyl sites for hydroxylation is 2. The van der Waals surface area contributed by atoms with Crippen LogP contribution in [0.5, 0.6) is 0 Å². The minimum Gasteiger partial charge on any atom is -0.350 e. The van der Waals surface area contributed by atoms with Crippen LogP contribution in [0, 0.1) is 5.92 Å². The summed E-state index contributed by atoms with van der Waals surface area (Å²) in [6, 6.07) is 2.12. The van der Waals surface area contributed by atoms with Crippen molar-refractivity contribution in [2.75, 3.05) is 6.54 Å². The van der Waals surface area contributed by atoms with Crippen LogP contribution < -0.4 is 11.1 Å². The number of aromatic nitrogens is 2. The number of hydrogen-bond donors (Lipinski definition) is 2. The number of rotatable bonds is 5. The van der Waals surface area contributed by atoms with E-state index >= 15 is 0 Å². The van der Waals surface area contributed by atoms with Gasteiger partial charge in [-0.15, -0.1) is 0 Å². The fraction of sp³-hybridized carbons (Fsp3) is 0.733. The van der Waals surface area contributed by atoms with E-state index in [0.29, 0.717) is 24.7 Å². The molecule has 1 fully saturated rings. The monoisotopic (exact) mass is 278 g/mol. The van der Waals surface area contributed by atoms with E-state index in [2.05, 4.69) is 10.4 Å². The van der Waals surface area contributed by atoms with E-state index in [9.17, 15) is 4.79 Å². The third-order valence-electron chi connectivity index (χ3n) is 4.22. The van der Waals surface area contributed by atoms with Crippen molar-refractivity contribution in [3.63, 3.8) is 0 Å². The Balaban J connectivity index is 1.95. The molecule has 1 heterocycles. The molecule has 0 radical (unpaired) electrons. The second-order valence-electron chi connectivity index (χ2n) is 5.61. The van der Waals surface area contributed by atoms with Gasteiger partial charge in [0.1, 0.15) is 5.69 Å². The quantitative estimate of drug-likeness (QED) is 0.861. The standard InChI is InChI=1S/C15H26N4O/c1-3-12-9-14(19(4-2)18-12)15(20)17-10-11-7-5-6-8-13(11)16/h9,11,13H,3-8,10,16H2,1-2H3,(H,17,20). The van der Waals surface area contributed by atoms with Crippen molar-refractivity contribution in [2.45, 2.75) is 58.5 Å². The molecule has 0 aliphatic heterocycles. The van der Waals surface area contributed by atoms with Gasteiger partial charge in [0.2, 0.25) is 0 Å². The van der Waals surface area contributed by atoms with Gasteiger partial charge in [0.25, 0.3) is 5.91 Å². The summed E-state index contributed by atoms with van der Waals surface area (Å²) in [5.41, 5.74) is 7.74. The number of carbonyl (C=O) groups is 1. The summed E-state index contributed by atoms with van der Waals surface area (Å²) in [6.45, 7) is 5.44. The maximum absolute atomic E-state index is 12.3. The highest BCUT2D eigenvalue weighted by atomic mass is 16.2. The third-order valence-corrected chi connectivity index (χ3v) is 4.22. The number of nitrogens with two attached hydrogens (primary N) is 1. The van der Waals surface area contributed by atoms with Crippen LogP contribution in [-0.4, -0.2) is 28.3 Å². The minimum absolute atomic E-state index is 0.0307. The zero-order valence-corrected chi connectivity index (χ0v) is 12.6. The van der Waals surface area contributed by atoms with E-state index in [1.165, 1.54) is 12.8 Å². The molecule has 1 aliphatic rings. The lowest BCUT2D eigenvalue weighted by Crippen LogP contribution is -2.41. The SMILES string of the molecule is CCc1cc(C(=O)NCC2CCCCC2N)n(CC)n1. The van der Waals surface area contributed by atoms with E-state index in [4.69, 9.17) is 5.73 Å². The second-order valence-corrected chi connectivity index (χ2v) is 5.61. The first kappa shape index (κ1) is 15.0. The van der Waals surface area contributed by atoms with Crippen molar-refractivity contribution in [2.24, 2.45) is 11.7 Å². The maximum atomic E-state index is 12.3. The van der Waals surface area contributed by atoms with Crippen LogP contribution in [-0.2, 0) is 13.0 Å². The van der Waals surface area contributed by atoms with Gasteiger partial charge < -0.3 is 11.1 Å². The number of nitrogens with one attached hydrogen (secondary N) is 1. The van der Waals surface area contributed by atoms with Crippen molar-refractivity contribution < 1.29 is 4.79 Å². The van der Waals surface area contributed by atoms with Gasteiger partial charge in [-0.2, -0.15) is 5.10 Å². The van der Waals surface area contributed by atoms with Crippen molar-refractivity contribution >= 4 is 5.91 Å². The molecule has 3 N–H and O–H groups in total. The molecule has 112 valence electrons. The molecule has 5 heteroatoms. The molecule has 1 saturated carbocycles. The van der Waals surface area contributed by atoms with Gasteiger partial charge >= 0.3 is 0 Å². The van der Waals surface area contributed by atoms with Crippen molar-refractivity contribution in [1.29, 1.82) is 0 Å². The Morgan fingerprint density at radius 2 is 2.20 bits per heavy atom. The Morgan fingerprint density at radius 1 is 1.45 bits per heavy atom. The van der Waals surface area contributed by atoms with Crippen LogP contribution in [0.3, 0.4) is 0 Å². The van der Waals surface area contributed by atoms with Crippen LogP contribution in [0.25, 0.3) is 0 Å². The lowest BCUT2D eigenvalue weighted by molar-refractivity contribution is 0.0930. The molecule has 1 aromatic rings. The van der Waals surface area contributed by atoms with E-state index < -0.39 is 0 Å². The van der Waals surface area contributed by atoms with Crippen molar-refractivity contribution in [3.8, 4) is 0 Å². The molecular formula is C15H26N4O. The Kier molecular flexibility index (Phi) is 5.17. The zero-order valence-electron chi connectivity index (χ0n) is 12.6. The van der Waals surface area contributed by atoms with Crippen molar-refractivity contribution in [3.05, 3.63) is 17.5 Å². The summed E-state index contributed by atoms with van der Waals surface area (Å²) in [7, 11) is 0. The predicted molar refractivity (Wildman–Crippen MR) is 79.5 cm³/mol. The smallest absolute Gasteiger partial charge is 0.269 e. The Morgan fingerprint density at radius 3 is 2.85 bits per heavy atom. The topological polar surface area (TPSA) is 72.9 Å². The lowest BCUT2D eigenvalue weighted by atomic mass is 9.85. The van der Waals surface area contributed by atoms with E-state index in [-0.39, 0.29) is 11.9 Å². The molecule has 0 bridgehead atoms. The summed E-state index contributed by atoms with van der Waals surface area (Å²) >= 11 is 0. The van der Waals surface area contributed by atoms with Crippen LogP contribution >= 0.6 is 0 Å². The summed E-state index contributed by atoms with van der Waals surface area (Å²) in [5.74, 6) is 0.383. The average Bonchev–Trinajstić information content (AvgIpc) is 2.89. The maximum Gasteiger partial charge on any atom is 0.269 e. The molecular weight excluding hydrogens is 252 g/mol. The number of hydrogen-bond acceptors (Lipinski definition) is 3. The Labute approximate surface area is 120 Å². The molecule has 20 heavy (non-hydrogen) atoms. The largest absolute Gasteiger partial charge is 0.350 e. The third kappa shape index (κ3) is 3.39. The summed E-state index contributed by atoms with van der Waals surface area (Å²) < 4.78 is 1.77. The number of nitrogens with zero attached hydrogens (tertiary/aromatic N) is 2. The van der Waals surface area contributed by atoms with Crippen LogP contribution in [0.1, 0.15) is 55.7 Å². The fourth-order valence-electron chi connectivity index (χ4n) is 2.87. The van der Waals surface area contributed by atoms with Gasteiger partial charge in [-0.1, -0.05) is 19.8 Å². The molecule has 2 rings (SSSR count). The molecule has 1 aliphatic carbocycles.